The Kier molecular flexibility index (Phi) is 4.20. The van der Waals surface area contributed by atoms with E-state index in [0.29, 0.717) is 16.9 Å². The molecule has 0 aliphatic carbocycles. The standard InChI is InChI=1S/C15H14O4S/c1-20(17,18)11-12-6-5-7-13(10-12)15(16)19-14-8-3-2-4-9-14/h2-10H,11H2,1H3. The number of ether oxygens (including phenoxy) is 1. The zero-order chi connectivity index (χ0) is 14.6. The van der Waals surface area contributed by atoms with Crippen molar-refractivity contribution in [3.05, 3.63) is 65.7 Å². The van der Waals surface area contributed by atoms with E-state index in [1.165, 1.54) is 6.07 Å². The van der Waals surface area contributed by atoms with Crippen molar-refractivity contribution in [2.24, 2.45) is 0 Å². The molecule has 0 fully saturated rings. The van der Waals surface area contributed by atoms with Gasteiger partial charge in [-0.2, -0.15) is 0 Å². The Balaban J connectivity index is 2.16. The average Bonchev–Trinajstić information content (AvgIpc) is 2.38. The van der Waals surface area contributed by atoms with Crippen LogP contribution in [0.3, 0.4) is 0 Å². The molecule has 104 valence electrons. The van der Waals surface area contributed by atoms with Gasteiger partial charge in [0.25, 0.3) is 0 Å². The summed E-state index contributed by atoms with van der Waals surface area (Å²) in [5, 5.41) is 0. The second kappa shape index (κ2) is 5.88. The quantitative estimate of drug-likeness (QED) is 0.641. The second-order valence-electron chi connectivity index (χ2n) is 4.47. The van der Waals surface area contributed by atoms with Crippen molar-refractivity contribution in [1.82, 2.24) is 0 Å². The van der Waals surface area contributed by atoms with Gasteiger partial charge < -0.3 is 4.74 Å². The van der Waals surface area contributed by atoms with E-state index in [2.05, 4.69) is 0 Å². The summed E-state index contributed by atoms with van der Waals surface area (Å²) in [6, 6.07) is 15.2. The highest BCUT2D eigenvalue weighted by molar-refractivity contribution is 7.89. The Labute approximate surface area is 117 Å². The summed E-state index contributed by atoms with van der Waals surface area (Å²) in [6.07, 6.45) is 1.15. The van der Waals surface area contributed by atoms with Crippen LogP contribution in [0.25, 0.3) is 0 Å². The number of benzene rings is 2. The molecule has 2 aromatic carbocycles. The first-order chi connectivity index (χ1) is 9.44. The lowest BCUT2D eigenvalue weighted by Crippen LogP contribution is -2.09. The zero-order valence-corrected chi connectivity index (χ0v) is 11.8. The molecule has 0 N–H and O–H groups in total. The average molecular weight is 290 g/mol. The van der Waals surface area contributed by atoms with Gasteiger partial charge >= 0.3 is 5.97 Å². The molecule has 5 heteroatoms. The molecule has 2 aromatic rings. The molecule has 0 unspecified atom stereocenters. The van der Waals surface area contributed by atoms with Gasteiger partial charge in [-0.3, -0.25) is 0 Å². The molecular weight excluding hydrogens is 276 g/mol. The number of rotatable bonds is 4. The van der Waals surface area contributed by atoms with E-state index in [1.807, 2.05) is 6.07 Å². The smallest absolute Gasteiger partial charge is 0.343 e. The lowest BCUT2D eigenvalue weighted by atomic mass is 10.1. The molecule has 0 saturated carbocycles. The maximum Gasteiger partial charge on any atom is 0.343 e. The summed E-state index contributed by atoms with van der Waals surface area (Å²) in [5.74, 6) is -0.156. The first-order valence-electron chi connectivity index (χ1n) is 5.98. The summed E-state index contributed by atoms with van der Waals surface area (Å²) >= 11 is 0. The summed E-state index contributed by atoms with van der Waals surface area (Å²) in [7, 11) is -3.13. The largest absolute Gasteiger partial charge is 0.423 e. The van der Waals surface area contributed by atoms with Crippen LogP contribution in [0.5, 0.6) is 5.75 Å². The molecule has 0 spiro atoms. The molecule has 0 bridgehead atoms. The third kappa shape index (κ3) is 4.20. The van der Waals surface area contributed by atoms with Gasteiger partial charge in [0, 0.05) is 6.26 Å². The highest BCUT2D eigenvalue weighted by Gasteiger charge is 2.11. The van der Waals surface area contributed by atoms with Crippen LogP contribution in [0.1, 0.15) is 15.9 Å². The number of carbonyl (C=O) groups is 1. The molecule has 0 aliphatic rings. The van der Waals surface area contributed by atoms with E-state index in [0.717, 1.165) is 6.26 Å². The summed E-state index contributed by atoms with van der Waals surface area (Å²) < 4.78 is 27.7. The van der Waals surface area contributed by atoms with E-state index in [4.69, 9.17) is 4.74 Å². The number of hydrogen-bond donors (Lipinski definition) is 0. The first-order valence-corrected chi connectivity index (χ1v) is 8.04. The maximum absolute atomic E-state index is 12.0. The Morgan fingerprint density at radius 3 is 2.40 bits per heavy atom. The Morgan fingerprint density at radius 2 is 1.75 bits per heavy atom. The van der Waals surface area contributed by atoms with E-state index in [1.54, 1.807) is 42.5 Å². The lowest BCUT2D eigenvalue weighted by Gasteiger charge is -2.05. The fraction of sp³-hybridized carbons (Fsp3) is 0.133. The van der Waals surface area contributed by atoms with Gasteiger partial charge in [0.2, 0.25) is 0 Å². The number of para-hydroxylation sites is 1. The van der Waals surface area contributed by atoms with Gasteiger partial charge in [0.15, 0.2) is 9.84 Å². The van der Waals surface area contributed by atoms with Crippen molar-refractivity contribution in [1.29, 1.82) is 0 Å². The van der Waals surface area contributed by atoms with Gasteiger partial charge in [-0.05, 0) is 29.8 Å². The molecule has 0 heterocycles. The normalized spacial score (nSPS) is 11.1. The fourth-order valence-corrected chi connectivity index (χ4v) is 2.53. The van der Waals surface area contributed by atoms with Crippen LogP contribution < -0.4 is 4.74 Å². The van der Waals surface area contributed by atoms with Crippen molar-refractivity contribution in [3.63, 3.8) is 0 Å². The Morgan fingerprint density at radius 1 is 1.05 bits per heavy atom. The summed E-state index contributed by atoms with van der Waals surface area (Å²) in [4.78, 5) is 12.0. The number of sulfone groups is 1. The predicted octanol–water partition coefficient (Wildman–Crippen LogP) is 2.45. The fourth-order valence-electron chi connectivity index (χ4n) is 1.75. The summed E-state index contributed by atoms with van der Waals surface area (Å²) in [5.41, 5.74) is 0.894. The SMILES string of the molecule is CS(=O)(=O)Cc1cccc(C(=O)Oc2ccccc2)c1. The topological polar surface area (TPSA) is 60.4 Å². The van der Waals surface area contributed by atoms with Crippen molar-refractivity contribution in [2.45, 2.75) is 5.75 Å². The molecular formula is C15H14O4S. The van der Waals surface area contributed by atoms with E-state index in [-0.39, 0.29) is 5.75 Å². The maximum atomic E-state index is 12.0. The molecule has 4 nitrogen and oxygen atoms in total. The minimum atomic E-state index is -3.13. The minimum absolute atomic E-state index is 0.0978. The van der Waals surface area contributed by atoms with Crippen molar-refractivity contribution < 1.29 is 17.9 Å². The van der Waals surface area contributed by atoms with Crippen LogP contribution in [0.15, 0.2) is 54.6 Å². The van der Waals surface area contributed by atoms with Gasteiger partial charge in [-0.25, -0.2) is 13.2 Å². The zero-order valence-electron chi connectivity index (χ0n) is 10.9. The molecule has 0 radical (unpaired) electrons. The van der Waals surface area contributed by atoms with Crippen LogP contribution >= 0.6 is 0 Å². The van der Waals surface area contributed by atoms with Crippen LogP contribution in [0.2, 0.25) is 0 Å². The highest BCUT2D eigenvalue weighted by atomic mass is 32.2. The van der Waals surface area contributed by atoms with Gasteiger partial charge in [0.05, 0.1) is 11.3 Å². The molecule has 0 aliphatic heterocycles. The minimum Gasteiger partial charge on any atom is -0.423 e. The molecule has 0 amide bonds. The lowest BCUT2D eigenvalue weighted by molar-refractivity contribution is 0.0734. The first kappa shape index (κ1) is 14.3. The summed E-state index contributed by atoms with van der Waals surface area (Å²) in [6.45, 7) is 0. The number of carbonyl (C=O) groups excluding carboxylic acids is 1. The Bertz CT molecular complexity index is 706. The Hall–Kier alpha value is -2.14. The van der Waals surface area contributed by atoms with Crippen LogP contribution in [-0.4, -0.2) is 20.6 Å². The van der Waals surface area contributed by atoms with E-state index >= 15 is 0 Å². The monoisotopic (exact) mass is 290 g/mol. The van der Waals surface area contributed by atoms with E-state index < -0.39 is 15.8 Å². The van der Waals surface area contributed by atoms with Crippen LogP contribution in [-0.2, 0) is 15.6 Å². The van der Waals surface area contributed by atoms with Crippen molar-refractivity contribution >= 4 is 15.8 Å². The second-order valence-corrected chi connectivity index (χ2v) is 6.61. The molecule has 0 saturated heterocycles. The van der Waals surface area contributed by atoms with Gasteiger partial charge in [-0.1, -0.05) is 30.3 Å². The van der Waals surface area contributed by atoms with Gasteiger partial charge in [-0.15, -0.1) is 0 Å². The van der Waals surface area contributed by atoms with E-state index in [9.17, 15) is 13.2 Å². The molecule has 20 heavy (non-hydrogen) atoms. The third-order valence-electron chi connectivity index (χ3n) is 2.55. The highest BCUT2D eigenvalue weighted by Crippen LogP contribution is 2.14. The van der Waals surface area contributed by atoms with Crippen molar-refractivity contribution in [3.8, 4) is 5.75 Å². The predicted molar refractivity (Wildman–Crippen MR) is 76.4 cm³/mol. The molecule has 2 rings (SSSR count). The van der Waals surface area contributed by atoms with Crippen LogP contribution in [0, 0.1) is 0 Å². The number of hydrogen-bond acceptors (Lipinski definition) is 4. The number of esters is 1. The van der Waals surface area contributed by atoms with Crippen LogP contribution in [0.4, 0.5) is 0 Å². The van der Waals surface area contributed by atoms with Gasteiger partial charge in [0.1, 0.15) is 5.75 Å². The van der Waals surface area contributed by atoms with Crippen molar-refractivity contribution in [2.75, 3.05) is 6.26 Å². The molecule has 0 aromatic heterocycles. The third-order valence-corrected chi connectivity index (χ3v) is 3.40. The molecule has 0 atom stereocenters.